The topological polar surface area (TPSA) is 353 Å². The Hall–Kier alpha value is -7.04. The minimum absolute atomic E-state index is 0.0233. The summed E-state index contributed by atoms with van der Waals surface area (Å²) in [5.41, 5.74) is 24.7. The van der Waals surface area contributed by atoms with Crippen LogP contribution in [0.2, 0.25) is 0 Å². The Kier molecular flexibility index (Phi) is 35.5. The molecule has 4 aliphatic heterocycles. The van der Waals surface area contributed by atoms with Gasteiger partial charge in [0.05, 0.1) is 17.3 Å². The Morgan fingerprint density at radius 3 is 0.862 bits per heavy atom. The highest BCUT2D eigenvalue weighted by atomic mass is 32.2. The number of nitrogens with zero attached hydrogens (tertiary/aromatic N) is 4. The first kappa shape index (κ1) is 90.8. The van der Waals surface area contributed by atoms with Crippen molar-refractivity contribution in [3.05, 3.63) is 141 Å². The maximum Gasteiger partial charge on any atom is 0.224 e. The van der Waals surface area contributed by atoms with Crippen LogP contribution in [0.1, 0.15) is 119 Å². The molecule has 0 aromatic heterocycles. The molecule has 1 aliphatic carbocycles. The Morgan fingerprint density at radius 1 is 0.385 bits per heavy atom. The van der Waals surface area contributed by atoms with Crippen molar-refractivity contribution in [3.8, 4) is 0 Å². The molecule has 1 saturated carbocycles. The van der Waals surface area contributed by atoms with Gasteiger partial charge in [0.1, 0.15) is 23.3 Å². The molecule has 9 rings (SSSR count). The zero-order valence-corrected chi connectivity index (χ0v) is 63.1. The van der Waals surface area contributed by atoms with Crippen LogP contribution >= 0.6 is 0 Å². The van der Waals surface area contributed by atoms with E-state index in [4.69, 9.17) is 22.9 Å². The van der Waals surface area contributed by atoms with Gasteiger partial charge in [0.15, 0.2) is 46.5 Å². The largest absolute Gasteiger partial charge is 0.358 e. The number of likely N-dealkylation sites (tertiary alicyclic amines) is 4. The Bertz CT molecular complexity index is 4080. The molecule has 12 N–H and O–H groups in total. The van der Waals surface area contributed by atoms with Crippen molar-refractivity contribution < 1.29 is 102 Å². The average Bonchev–Trinajstić information content (AvgIpc) is 1.22. The lowest BCUT2D eigenvalue weighted by molar-refractivity contribution is -0.133. The van der Waals surface area contributed by atoms with Gasteiger partial charge >= 0.3 is 0 Å². The summed E-state index contributed by atoms with van der Waals surface area (Å²) < 4.78 is 236. The first-order valence-electron chi connectivity index (χ1n) is 36.0. The monoisotopic (exact) mass is 1620 g/mol. The van der Waals surface area contributed by atoms with E-state index in [1.54, 1.807) is 19.6 Å². The molecule has 0 radical (unpaired) electrons. The van der Waals surface area contributed by atoms with Crippen LogP contribution in [0.25, 0.3) is 0 Å². The highest BCUT2D eigenvalue weighted by Gasteiger charge is 2.37. The van der Waals surface area contributed by atoms with Crippen molar-refractivity contribution >= 4 is 60.1 Å². The summed E-state index contributed by atoms with van der Waals surface area (Å²) in [6.07, 6.45) is 8.80. The number of nitrogens with two attached hydrogens (primary N) is 4. The number of rotatable bonds is 30. The van der Waals surface area contributed by atoms with Crippen LogP contribution in [0, 0.1) is 93.5 Å². The summed E-state index contributed by atoms with van der Waals surface area (Å²) in [5.74, 6) is -12.9. The van der Waals surface area contributed by atoms with Gasteiger partial charge in [0, 0.05) is 153 Å². The SMILES string of the molecule is CCS(=O)(=O)NCCC(=O)N1CCC([C@H](N)Cc2cc(F)c(F)cc2F)CC1.CS(=O)(=O)NCCC(=O)N1CCC([C@H](N)Cc2cc(F)c(F)cc2F)CC1.N[C@H](Cc1cc(F)c(F)cc1F)C1CCN(C(=O)CCNC=O)CC1.N[C@H](Cc1cc(F)c(F)cc1F)C1CCN(C(=O)CCNS(=O)(=O)C2CC2)CC1. The molecule has 5 amide bonds. The van der Waals surface area contributed by atoms with Crippen LogP contribution in [0.5, 0.6) is 0 Å². The highest BCUT2D eigenvalue weighted by Crippen LogP contribution is 2.31. The van der Waals surface area contributed by atoms with E-state index < -0.39 is 124 Å². The number of carbonyl (C=O) groups is 5. The number of hydrogen-bond donors (Lipinski definition) is 8. The van der Waals surface area contributed by atoms with Gasteiger partial charge in [-0.3, -0.25) is 24.0 Å². The molecule has 5 aliphatic rings. The van der Waals surface area contributed by atoms with E-state index in [0.29, 0.717) is 154 Å². The minimum atomic E-state index is -3.33. The van der Waals surface area contributed by atoms with Crippen LogP contribution in [-0.2, 0) is 79.7 Å². The van der Waals surface area contributed by atoms with Gasteiger partial charge in [-0.1, -0.05) is 0 Å². The second kappa shape index (κ2) is 42.6. The molecule has 4 atom stereocenters. The lowest BCUT2D eigenvalue weighted by Crippen LogP contribution is -2.45. The molecule has 38 heteroatoms. The van der Waals surface area contributed by atoms with Gasteiger partial charge in [-0.05, 0) is 167 Å². The third-order valence-corrected chi connectivity index (χ3v) is 24.2. The molecular formula is C71H98F12N12O11S3. The third kappa shape index (κ3) is 29.5. The van der Waals surface area contributed by atoms with Crippen molar-refractivity contribution in [2.75, 3.05) is 90.5 Å². The lowest BCUT2D eigenvalue weighted by atomic mass is 9.86. The zero-order chi connectivity index (χ0) is 80.7. The van der Waals surface area contributed by atoms with E-state index in [2.05, 4.69) is 19.5 Å². The molecule has 4 saturated heterocycles. The van der Waals surface area contributed by atoms with Gasteiger partial charge in [-0.15, -0.1) is 0 Å². The summed E-state index contributed by atoms with van der Waals surface area (Å²) in [7, 11) is -9.94. The van der Waals surface area contributed by atoms with E-state index in [1.807, 2.05) is 0 Å². The van der Waals surface area contributed by atoms with Crippen molar-refractivity contribution in [3.63, 3.8) is 0 Å². The molecule has 4 heterocycles. The van der Waals surface area contributed by atoms with Crippen LogP contribution in [0.15, 0.2) is 48.5 Å². The summed E-state index contributed by atoms with van der Waals surface area (Å²) >= 11 is 0. The summed E-state index contributed by atoms with van der Waals surface area (Å²) in [6.45, 7) is 5.93. The molecule has 0 bridgehead atoms. The van der Waals surface area contributed by atoms with Crippen LogP contribution in [-0.4, -0.2) is 195 Å². The molecule has 109 heavy (non-hydrogen) atoms. The maximum atomic E-state index is 13.8. The molecule has 0 unspecified atom stereocenters. The standard InChI is InChI=1S/C19H26F3N3O3S.C18H26F3N3O3S.C17H24F3N3O3S.C17H22F3N3O2/c20-15-11-17(22)16(21)9-13(15)10-18(23)12-4-7-25(8-5-12)19(26)3-6-24-29(27,28)14-1-2-14;1-2-28(26,27)23-6-3-18(25)24-7-4-12(5-8-24)17(22)10-13-9-15(20)16(21)11-14(13)19;1-27(25,26)22-5-2-17(24)23-6-3-11(4-7-23)16(21)9-12-8-14(19)15(20)10-13(12)18;18-13-9-15(20)14(19)7-12(13)8-16(21)11-2-5-23(6-3-11)17(25)1-4-22-10-24/h9,11-12,14,18,24H,1-8,10,23H2;9,11-12,17,23H,2-8,10,22H2,1H3;8,10-11,16,22H,2-7,9,21H2,1H3;7,9-11,16H,1-6,8,21H2,(H,22,24)/t18-;17-;2*16-/m1111/s1. The van der Waals surface area contributed by atoms with Crippen LogP contribution < -0.4 is 42.4 Å². The summed E-state index contributed by atoms with van der Waals surface area (Å²) in [5, 5.41) is 2.13. The average molecular weight is 1620 g/mol. The predicted molar refractivity (Wildman–Crippen MR) is 382 cm³/mol. The maximum absolute atomic E-state index is 13.8. The second-order valence-electron chi connectivity index (χ2n) is 28.0. The molecule has 4 aromatic rings. The minimum Gasteiger partial charge on any atom is -0.358 e. The van der Waals surface area contributed by atoms with E-state index in [0.717, 1.165) is 30.5 Å². The van der Waals surface area contributed by atoms with Crippen molar-refractivity contribution in [2.45, 2.75) is 152 Å². The second-order valence-corrected chi connectivity index (χ2v) is 33.9. The number of amides is 5. The quantitative estimate of drug-likeness (QED) is 0.0134. The predicted octanol–water partition coefficient (Wildman–Crippen LogP) is 5.73. The lowest BCUT2D eigenvalue weighted by Gasteiger charge is -2.35. The number of benzene rings is 4. The van der Waals surface area contributed by atoms with E-state index in [9.17, 15) is 102 Å². The van der Waals surface area contributed by atoms with Crippen molar-refractivity contribution in [2.24, 2.45) is 46.6 Å². The van der Waals surface area contributed by atoms with Crippen molar-refractivity contribution in [1.82, 2.24) is 39.1 Å². The number of hydrogen-bond acceptors (Lipinski definition) is 15. The number of sulfonamides is 3. The Labute approximate surface area is 627 Å². The molecule has 5 fully saturated rings. The molecule has 23 nitrogen and oxygen atoms in total. The number of piperidine rings is 4. The molecule has 610 valence electrons. The van der Waals surface area contributed by atoms with E-state index in [-0.39, 0.29) is 152 Å². The highest BCUT2D eigenvalue weighted by molar-refractivity contribution is 7.90. The van der Waals surface area contributed by atoms with E-state index in [1.165, 1.54) is 6.92 Å². The smallest absolute Gasteiger partial charge is 0.224 e. The number of carbonyl (C=O) groups excluding carboxylic acids is 5. The van der Waals surface area contributed by atoms with Crippen LogP contribution in [0.3, 0.4) is 0 Å². The van der Waals surface area contributed by atoms with Gasteiger partial charge in [0.25, 0.3) is 0 Å². The normalized spacial score (nSPS) is 17.6. The fraction of sp³-hybridized carbons (Fsp3) is 0.592. The van der Waals surface area contributed by atoms with Crippen molar-refractivity contribution in [1.29, 1.82) is 0 Å². The number of nitrogens with one attached hydrogen (secondary N) is 4. The Morgan fingerprint density at radius 2 is 0.624 bits per heavy atom. The van der Waals surface area contributed by atoms with Gasteiger partial charge in [0.2, 0.25) is 60.1 Å². The van der Waals surface area contributed by atoms with Gasteiger partial charge < -0.3 is 47.9 Å². The Balaban J connectivity index is 0.000000227. The fourth-order valence-electron chi connectivity index (χ4n) is 13.3. The third-order valence-electron chi connectivity index (χ3n) is 20.1. The summed E-state index contributed by atoms with van der Waals surface area (Å²) in [6, 6.07) is 3.75. The van der Waals surface area contributed by atoms with Crippen LogP contribution in [0.4, 0.5) is 52.7 Å². The first-order chi connectivity index (χ1) is 51.3. The van der Waals surface area contributed by atoms with Gasteiger partial charge in [-0.2, -0.15) is 0 Å². The van der Waals surface area contributed by atoms with Gasteiger partial charge in [-0.25, -0.2) is 92.1 Å². The van der Waals surface area contributed by atoms with E-state index >= 15 is 0 Å². The fourth-order valence-corrected chi connectivity index (χ4v) is 15.8. The number of halogens is 12. The summed E-state index contributed by atoms with van der Waals surface area (Å²) in [4.78, 5) is 65.4. The molecule has 4 aromatic carbocycles. The first-order valence-corrected chi connectivity index (χ1v) is 41.1. The molecular weight excluding hydrogens is 1520 g/mol. The zero-order valence-electron chi connectivity index (χ0n) is 60.7. The molecule has 0 spiro atoms.